The summed E-state index contributed by atoms with van der Waals surface area (Å²) in [7, 11) is 0. The first kappa shape index (κ1) is 36.5. The van der Waals surface area contributed by atoms with Gasteiger partial charge in [0.2, 0.25) is 17.8 Å². The van der Waals surface area contributed by atoms with E-state index in [0.717, 1.165) is 87.9 Å². The number of aromatic nitrogens is 4. The smallest absolute Gasteiger partial charge is 0.263 e. The Morgan fingerprint density at radius 1 is 0.857 bits per heavy atom. The fourth-order valence-corrected chi connectivity index (χ4v) is 10.2. The van der Waals surface area contributed by atoms with Gasteiger partial charge in [-0.05, 0) is 100 Å². The summed E-state index contributed by atoms with van der Waals surface area (Å²) >= 11 is 0. The van der Waals surface area contributed by atoms with Crippen LogP contribution in [0.25, 0.3) is 11.0 Å². The number of imide groups is 1. The van der Waals surface area contributed by atoms with E-state index in [1.807, 2.05) is 24.4 Å². The maximum atomic E-state index is 13.6. The minimum atomic E-state index is -0.257. The number of nitrogens with zero attached hydrogens (tertiary/aromatic N) is 7. The van der Waals surface area contributed by atoms with Gasteiger partial charge in [0, 0.05) is 74.5 Å². The average Bonchev–Trinajstić information content (AvgIpc) is 3.79. The zero-order valence-corrected chi connectivity index (χ0v) is 32.4. The van der Waals surface area contributed by atoms with E-state index in [1.165, 1.54) is 25.5 Å². The van der Waals surface area contributed by atoms with E-state index in [4.69, 9.17) is 9.97 Å². The first-order chi connectivity index (χ1) is 27.2. The van der Waals surface area contributed by atoms with Gasteiger partial charge in [-0.2, -0.15) is 4.98 Å². The van der Waals surface area contributed by atoms with Crippen molar-refractivity contribution >= 4 is 51.8 Å². The fourth-order valence-electron chi connectivity index (χ4n) is 10.2. The number of amides is 2. The largest absolute Gasteiger partial charge is 0.372 e. The van der Waals surface area contributed by atoms with E-state index in [0.29, 0.717) is 53.8 Å². The summed E-state index contributed by atoms with van der Waals surface area (Å²) in [5, 5.41) is 6.49. The third-order valence-electron chi connectivity index (χ3n) is 13.2. The summed E-state index contributed by atoms with van der Waals surface area (Å²) in [6.07, 6.45) is 13.3. The molecule has 4 saturated heterocycles. The number of anilines is 4. The average molecular weight is 758 g/mol. The van der Waals surface area contributed by atoms with Crippen molar-refractivity contribution in [1.82, 2.24) is 29.7 Å². The summed E-state index contributed by atoms with van der Waals surface area (Å²) in [4.78, 5) is 72.1. The summed E-state index contributed by atoms with van der Waals surface area (Å²) in [6, 6.07) is 13.5. The van der Waals surface area contributed by atoms with Crippen molar-refractivity contribution in [2.24, 2.45) is 5.92 Å². The number of Topliss-reactive ketones (excluding diaryl/α,β-unsaturated/α-hetero) is 1. The number of fused-ring (bicyclic) bond motifs is 3. The minimum Gasteiger partial charge on any atom is -0.372 e. The topological polar surface area (TPSA) is 146 Å². The fraction of sp³-hybridized carbons (Fsp3) is 0.512. The highest BCUT2D eigenvalue weighted by Gasteiger charge is 2.41. The molecule has 292 valence electrons. The van der Waals surface area contributed by atoms with Crippen LogP contribution in [0.1, 0.15) is 105 Å². The van der Waals surface area contributed by atoms with Crippen LogP contribution in [0, 0.1) is 12.8 Å². The monoisotopic (exact) mass is 757 g/mol. The first-order valence-electron chi connectivity index (χ1n) is 20.6. The number of carbonyl (C=O) groups is 3. The van der Waals surface area contributed by atoms with Crippen molar-refractivity contribution in [1.29, 1.82) is 0 Å². The molecule has 3 atom stereocenters. The Morgan fingerprint density at radius 2 is 1.62 bits per heavy atom. The van der Waals surface area contributed by atoms with Gasteiger partial charge >= 0.3 is 0 Å². The summed E-state index contributed by atoms with van der Waals surface area (Å²) < 4.78 is 1.74. The second-order valence-corrected chi connectivity index (χ2v) is 16.6. The zero-order valence-electron chi connectivity index (χ0n) is 32.4. The highest BCUT2D eigenvalue weighted by atomic mass is 16.2. The molecule has 5 aliphatic rings. The van der Waals surface area contributed by atoms with Gasteiger partial charge in [0.15, 0.2) is 5.78 Å². The second kappa shape index (κ2) is 15.1. The normalized spacial score (nSPS) is 23.6. The van der Waals surface area contributed by atoms with Gasteiger partial charge in [-0.1, -0.05) is 25.0 Å². The number of carbonyl (C=O) groups excluding carboxylic acids is 3. The number of ketones is 1. The molecule has 5 fully saturated rings. The van der Waals surface area contributed by atoms with Gasteiger partial charge in [-0.3, -0.25) is 34.0 Å². The summed E-state index contributed by atoms with van der Waals surface area (Å²) in [6.45, 7) is 8.40. The second-order valence-electron chi connectivity index (χ2n) is 16.6. The molecule has 2 amide bonds. The molecule has 0 spiro atoms. The molecule has 2 N–H and O–H groups in total. The standard InChI is InChI=1S/C43H51N9O4/c1-26-36-22-45-43(48-40(36)52(30-7-3-4-8-30)42(56)39(26)27(2)53)46-37-14-12-32(21-44-37)50-24-33-10-11-34(25-50)51(33)23-28-16-18-49(19-17-28)31-9-5-6-29(20-31)35-13-15-38(54)47-41(35)55/h5-6,9,12,14,20-22,28,30,33-35H,3-4,7-8,10-11,13,15-19,23-25H2,1-2H3,(H,47,54,55)(H,44,45,46,48). The lowest BCUT2D eigenvalue weighted by Crippen LogP contribution is -2.55. The van der Waals surface area contributed by atoms with Gasteiger partial charge in [0.25, 0.3) is 5.56 Å². The van der Waals surface area contributed by atoms with E-state index in [9.17, 15) is 19.2 Å². The Morgan fingerprint density at radius 3 is 2.32 bits per heavy atom. The Bertz CT molecular complexity index is 2210. The molecule has 3 aromatic heterocycles. The van der Waals surface area contributed by atoms with Crippen molar-refractivity contribution in [3.8, 4) is 0 Å². The molecule has 1 aromatic carbocycles. The van der Waals surface area contributed by atoms with Crippen LogP contribution in [0.3, 0.4) is 0 Å². The van der Waals surface area contributed by atoms with E-state index >= 15 is 0 Å². The van der Waals surface area contributed by atoms with E-state index in [2.05, 4.69) is 48.5 Å². The lowest BCUT2D eigenvalue weighted by atomic mass is 9.89. The van der Waals surface area contributed by atoms with Gasteiger partial charge in [-0.25, -0.2) is 9.97 Å². The number of piperidine rings is 2. The maximum absolute atomic E-state index is 13.6. The zero-order chi connectivity index (χ0) is 38.5. The van der Waals surface area contributed by atoms with Crippen LogP contribution in [-0.2, 0) is 9.59 Å². The molecular formula is C43H51N9O4. The molecule has 13 nitrogen and oxygen atoms in total. The van der Waals surface area contributed by atoms with Crippen LogP contribution in [-0.4, -0.2) is 86.8 Å². The lowest BCUT2D eigenvalue weighted by molar-refractivity contribution is -0.134. The number of hydrogen-bond acceptors (Lipinski definition) is 11. The quantitative estimate of drug-likeness (QED) is 0.162. The van der Waals surface area contributed by atoms with Crippen molar-refractivity contribution in [2.45, 2.75) is 102 Å². The van der Waals surface area contributed by atoms with E-state index < -0.39 is 0 Å². The highest BCUT2D eigenvalue weighted by molar-refractivity contribution is 6.01. The van der Waals surface area contributed by atoms with Crippen LogP contribution in [0.15, 0.2) is 53.6 Å². The van der Waals surface area contributed by atoms with Crippen molar-refractivity contribution in [2.75, 3.05) is 47.8 Å². The number of rotatable bonds is 9. The number of aryl methyl sites for hydroxylation is 1. The predicted octanol–water partition coefficient (Wildman–Crippen LogP) is 5.65. The Kier molecular flexibility index (Phi) is 9.81. The molecule has 3 unspecified atom stereocenters. The van der Waals surface area contributed by atoms with Crippen molar-refractivity contribution in [3.63, 3.8) is 0 Å². The third-order valence-corrected chi connectivity index (χ3v) is 13.2. The van der Waals surface area contributed by atoms with Crippen LogP contribution >= 0.6 is 0 Å². The first-order valence-corrected chi connectivity index (χ1v) is 20.6. The maximum Gasteiger partial charge on any atom is 0.263 e. The van der Waals surface area contributed by atoms with Gasteiger partial charge in [-0.15, -0.1) is 0 Å². The molecule has 4 aliphatic heterocycles. The Balaban J connectivity index is 0.816. The Hall–Kier alpha value is -5.17. The molecule has 4 aromatic rings. The van der Waals surface area contributed by atoms with Gasteiger partial charge in [0.1, 0.15) is 11.5 Å². The molecule has 13 heteroatoms. The molecule has 1 saturated carbocycles. The van der Waals surface area contributed by atoms with Gasteiger partial charge in [0.05, 0.1) is 23.4 Å². The molecular weight excluding hydrogens is 707 g/mol. The van der Waals surface area contributed by atoms with E-state index in [-0.39, 0.29) is 40.7 Å². The number of hydrogen-bond donors (Lipinski definition) is 2. The van der Waals surface area contributed by atoms with Crippen LogP contribution < -0.4 is 26.0 Å². The number of benzene rings is 1. The number of piperazine rings is 1. The third kappa shape index (κ3) is 6.94. The summed E-state index contributed by atoms with van der Waals surface area (Å²) in [5.74, 6) is 0.828. The minimum absolute atomic E-state index is 0.0241. The number of nitrogens with one attached hydrogen (secondary N) is 2. The van der Waals surface area contributed by atoms with Gasteiger partial charge < -0.3 is 15.1 Å². The van der Waals surface area contributed by atoms with Crippen LogP contribution in [0.5, 0.6) is 0 Å². The molecule has 7 heterocycles. The van der Waals surface area contributed by atoms with Crippen molar-refractivity contribution in [3.05, 3.63) is 75.8 Å². The molecule has 1 aliphatic carbocycles. The SMILES string of the molecule is CC(=O)c1c(C)c2cnc(Nc3ccc(N4CC5CCC(C4)N5CC4CCN(c5cccc(C6CCC(=O)NC6=O)c5)CC4)cn3)nc2n(C2CCCC2)c1=O. The lowest BCUT2D eigenvalue weighted by Gasteiger charge is -2.44. The Labute approximate surface area is 326 Å². The molecule has 56 heavy (non-hydrogen) atoms. The molecule has 0 radical (unpaired) electrons. The van der Waals surface area contributed by atoms with Crippen molar-refractivity contribution < 1.29 is 14.4 Å². The number of pyridine rings is 2. The highest BCUT2D eigenvalue weighted by Crippen LogP contribution is 2.36. The molecule has 9 rings (SSSR count). The summed E-state index contributed by atoms with van der Waals surface area (Å²) in [5.41, 5.74) is 4.45. The van der Waals surface area contributed by atoms with Crippen LogP contribution in [0.2, 0.25) is 0 Å². The molecule has 2 bridgehead atoms. The van der Waals surface area contributed by atoms with E-state index in [1.54, 1.807) is 17.7 Å². The van der Waals surface area contributed by atoms with Crippen LogP contribution in [0.4, 0.5) is 23.1 Å². The predicted molar refractivity (Wildman–Crippen MR) is 216 cm³/mol.